The van der Waals surface area contributed by atoms with Gasteiger partial charge in [0.05, 0.1) is 6.04 Å². The van der Waals surface area contributed by atoms with Gasteiger partial charge in [-0.2, -0.15) is 0 Å². The molecule has 1 aliphatic heterocycles. The first-order valence-electron chi connectivity index (χ1n) is 8.28. The highest BCUT2D eigenvalue weighted by molar-refractivity contribution is 5.96. The fraction of sp³-hybridized carbons (Fsp3) is 0.588. The molecule has 1 saturated carbocycles. The number of nitrogens with one attached hydrogen (secondary N) is 1. The van der Waals surface area contributed by atoms with Crippen LogP contribution < -0.4 is 16.2 Å². The summed E-state index contributed by atoms with van der Waals surface area (Å²) in [7, 11) is 0. The Morgan fingerprint density at radius 2 is 1.90 bits per heavy atom. The van der Waals surface area contributed by atoms with E-state index < -0.39 is 0 Å². The molecule has 1 aromatic carbocycles. The topological polar surface area (TPSA) is 53.6 Å². The van der Waals surface area contributed by atoms with E-state index in [0.29, 0.717) is 6.04 Å². The summed E-state index contributed by atoms with van der Waals surface area (Å²) in [6, 6.07) is 9.07. The average Bonchev–Trinajstić information content (AvgIpc) is 2.76. The third-order valence-electron chi connectivity index (χ3n) is 4.62. The molecule has 1 fully saturated rings. The van der Waals surface area contributed by atoms with Gasteiger partial charge in [-0.1, -0.05) is 37.5 Å². The molecule has 0 spiro atoms. The normalized spacial score (nSPS) is 20.8. The lowest BCUT2D eigenvalue weighted by atomic mass is 9.96. The van der Waals surface area contributed by atoms with Gasteiger partial charge in [-0.05, 0) is 43.7 Å². The van der Waals surface area contributed by atoms with E-state index in [1.165, 1.54) is 56.2 Å². The fourth-order valence-electron chi connectivity index (χ4n) is 3.48. The first-order chi connectivity index (χ1) is 10.4. The molecule has 0 radical (unpaired) electrons. The van der Waals surface area contributed by atoms with Crippen molar-refractivity contribution in [1.29, 1.82) is 0 Å². The molecule has 3 N–H and O–H groups in total. The first-order valence-corrected chi connectivity index (χ1v) is 8.28. The first kappa shape index (κ1) is 14.4. The zero-order valence-electron chi connectivity index (χ0n) is 12.7. The summed E-state index contributed by atoms with van der Waals surface area (Å²) in [5.41, 5.74) is 5.53. The van der Waals surface area contributed by atoms with Gasteiger partial charge >= 0.3 is 0 Å². The zero-order valence-corrected chi connectivity index (χ0v) is 12.7. The number of hydrazine groups is 1. The lowest BCUT2D eigenvalue weighted by Gasteiger charge is -2.28. The number of aryl methyl sites for hydroxylation is 1. The van der Waals surface area contributed by atoms with Crippen LogP contribution in [0, 0.1) is 0 Å². The van der Waals surface area contributed by atoms with Crippen LogP contribution in [0.5, 0.6) is 0 Å². The van der Waals surface area contributed by atoms with Gasteiger partial charge in [-0.25, -0.2) is 10.8 Å². The summed E-state index contributed by atoms with van der Waals surface area (Å²) in [6.07, 6.45) is 9.89. The van der Waals surface area contributed by atoms with E-state index in [2.05, 4.69) is 34.6 Å². The van der Waals surface area contributed by atoms with E-state index >= 15 is 0 Å². The SMILES string of the molecule is NNC(=NC1CCCCC1)N1CCCCc2ccccc21. The van der Waals surface area contributed by atoms with E-state index in [9.17, 15) is 0 Å². The molecule has 0 amide bonds. The molecule has 21 heavy (non-hydrogen) atoms. The highest BCUT2D eigenvalue weighted by Crippen LogP contribution is 2.27. The number of fused-ring (bicyclic) bond motifs is 1. The van der Waals surface area contributed by atoms with Crippen LogP contribution in [0.3, 0.4) is 0 Å². The molecule has 114 valence electrons. The highest BCUT2D eigenvalue weighted by Gasteiger charge is 2.21. The molecule has 0 unspecified atom stereocenters. The predicted molar refractivity (Wildman–Crippen MR) is 88.4 cm³/mol. The monoisotopic (exact) mass is 286 g/mol. The minimum Gasteiger partial charge on any atom is -0.311 e. The van der Waals surface area contributed by atoms with Gasteiger partial charge < -0.3 is 4.90 Å². The van der Waals surface area contributed by atoms with Crippen LogP contribution in [-0.4, -0.2) is 18.5 Å². The smallest absolute Gasteiger partial charge is 0.213 e. The van der Waals surface area contributed by atoms with E-state index in [0.717, 1.165) is 18.9 Å². The van der Waals surface area contributed by atoms with Gasteiger partial charge in [0.2, 0.25) is 5.96 Å². The van der Waals surface area contributed by atoms with Gasteiger partial charge in [-0.15, -0.1) is 0 Å². The molecule has 0 aromatic heterocycles. The molecule has 3 rings (SSSR count). The van der Waals surface area contributed by atoms with Gasteiger partial charge in [0, 0.05) is 12.2 Å². The number of nitrogens with two attached hydrogens (primary N) is 1. The van der Waals surface area contributed by atoms with Gasteiger partial charge in [0.1, 0.15) is 0 Å². The lowest BCUT2D eigenvalue weighted by molar-refractivity contribution is 0.441. The Labute approximate surface area is 127 Å². The standard InChI is InChI=1S/C17H26N4/c18-20-17(19-15-10-2-1-3-11-15)21-13-7-6-9-14-8-4-5-12-16(14)21/h4-5,8,12,15H,1-3,6-7,9-11,13,18H2,(H,19,20). The van der Waals surface area contributed by atoms with Crippen molar-refractivity contribution in [2.45, 2.75) is 57.4 Å². The Balaban J connectivity index is 1.87. The van der Waals surface area contributed by atoms with Crippen LogP contribution in [0.1, 0.15) is 50.5 Å². The van der Waals surface area contributed by atoms with Crippen LogP contribution >= 0.6 is 0 Å². The number of aliphatic imine (C=N–C) groups is 1. The minimum absolute atomic E-state index is 0.431. The molecule has 4 nitrogen and oxygen atoms in total. The zero-order chi connectivity index (χ0) is 14.5. The van der Waals surface area contributed by atoms with E-state index in [-0.39, 0.29) is 0 Å². The molecule has 4 heteroatoms. The van der Waals surface area contributed by atoms with Gasteiger partial charge in [-0.3, -0.25) is 5.43 Å². The minimum atomic E-state index is 0.431. The van der Waals surface area contributed by atoms with Crippen molar-refractivity contribution >= 4 is 11.6 Å². The maximum atomic E-state index is 5.81. The number of guanidine groups is 1. The van der Waals surface area contributed by atoms with Crippen molar-refractivity contribution in [3.63, 3.8) is 0 Å². The molecular formula is C17H26N4. The van der Waals surface area contributed by atoms with Crippen LogP contribution in [0.15, 0.2) is 29.3 Å². The largest absolute Gasteiger partial charge is 0.311 e. The summed E-state index contributed by atoms with van der Waals surface area (Å²) in [5.74, 6) is 6.65. The van der Waals surface area contributed by atoms with E-state index in [4.69, 9.17) is 10.8 Å². The molecular weight excluding hydrogens is 260 g/mol. The highest BCUT2D eigenvalue weighted by atomic mass is 15.4. The van der Waals surface area contributed by atoms with Crippen molar-refractivity contribution in [1.82, 2.24) is 5.43 Å². The Hall–Kier alpha value is -1.55. The molecule has 0 saturated heterocycles. The molecule has 1 heterocycles. The van der Waals surface area contributed by atoms with Crippen LogP contribution in [0.4, 0.5) is 5.69 Å². The second kappa shape index (κ2) is 6.94. The second-order valence-electron chi connectivity index (χ2n) is 6.13. The summed E-state index contributed by atoms with van der Waals surface area (Å²) in [4.78, 5) is 7.20. The molecule has 1 aromatic rings. The Morgan fingerprint density at radius 1 is 1.10 bits per heavy atom. The third-order valence-corrected chi connectivity index (χ3v) is 4.62. The predicted octanol–water partition coefficient (Wildman–Crippen LogP) is 2.98. The summed E-state index contributed by atoms with van der Waals surface area (Å²) >= 11 is 0. The Bertz CT molecular complexity index is 491. The van der Waals surface area contributed by atoms with Crippen LogP contribution in [0.2, 0.25) is 0 Å². The molecule has 0 bridgehead atoms. The fourth-order valence-corrected chi connectivity index (χ4v) is 3.48. The summed E-state index contributed by atoms with van der Waals surface area (Å²) < 4.78 is 0. The quantitative estimate of drug-likeness (QED) is 0.361. The Kier molecular flexibility index (Phi) is 4.76. The van der Waals surface area contributed by atoms with E-state index in [1.54, 1.807) is 0 Å². The summed E-state index contributed by atoms with van der Waals surface area (Å²) in [6.45, 7) is 0.993. The molecule has 2 aliphatic rings. The second-order valence-corrected chi connectivity index (χ2v) is 6.13. The van der Waals surface area contributed by atoms with Gasteiger partial charge in [0.15, 0.2) is 0 Å². The van der Waals surface area contributed by atoms with Crippen molar-refractivity contribution in [3.8, 4) is 0 Å². The molecule has 0 atom stereocenters. The van der Waals surface area contributed by atoms with Crippen molar-refractivity contribution in [2.75, 3.05) is 11.4 Å². The number of nitrogens with zero attached hydrogens (tertiary/aromatic N) is 2. The van der Waals surface area contributed by atoms with Crippen LogP contribution in [-0.2, 0) is 6.42 Å². The maximum absolute atomic E-state index is 5.81. The maximum Gasteiger partial charge on any atom is 0.213 e. The van der Waals surface area contributed by atoms with Crippen molar-refractivity contribution in [2.24, 2.45) is 10.8 Å². The van der Waals surface area contributed by atoms with Crippen molar-refractivity contribution in [3.05, 3.63) is 29.8 Å². The van der Waals surface area contributed by atoms with Gasteiger partial charge in [0.25, 0.3) is 0 Å². The number of hydrogen-bond donors (Lipinski definition) is 2. The van der Waals surface area contributed by atoms with Crippen LogP contribution in [0.25, 0.3) is 0 Å². The third kappa shape index (κ3) is 3.38. The average molecular weight is 286 g/mol. The van der Waals surface area contributed by atoms with E-state index in [1.807, 2.05) is 0 Å². The summed E-state index contributed by atoms with van der Waals surface area (Å²) in [5, 5.41) is 0. The number of hydrogen-bond acceptors (Lipinski definition) is 2. The number of benzene rings is 1. The number of anilines is 1. The number of para-hydroxylation sites is 1. The molecule has 1 aliphatic carbocycles. The lowest BCUT2D eigenvalue weighted by Crippen LogP contribution is -2.46. The number of rotatable bonds is 1. The van der Waals surface area contributed by atoms with Crippen molar-refractivity contribution < 1.29 is 0 Å². The Morgan fingerprint density at radius 3 is 2.71 bits per heavy atom.